The van der Waals surface area contributed by atoms with E-state index in [0.717, 1.165) is 12.7 Å². The molecule has 4 rings (SSSR count). The second-order valence-corrected chi connectivity index (χ2v) is 9.18. The molecule has 0 saturated carbocycles. The van der Waals surface area contributed by atoms with Crippen LogP contribution in [-0.4, -0.2) is 56.7 Å². The second kappa shape index (κ2) is 9.53. The minimum atomic E-state index is -4.96. The molecule has 0 radical (unpaired) electrons. The number of nitrogens with zero attached hydrogens (tertiary/aromatic N) is 1. The summed E-state index contributed by atoms with van der Waals surface area (Å²) in [4.78, 5) is 27.1. The minimum absolute atomic E-state index is 0.0856. The van der Waals surface area contributed by atoms with Crippen LogP contribution >= 0.6 is 0 Å². The number of rotatable bonds is 5. The Hall–Kier alpha value is -3.07. The van der Waals surface area contributed by atoms with Crippen LogP contribution in [0.15, 0.2) is 54.6 Å². The summed E-state index contributed by atoms with van der Waals surface area (Å²) in [5.74, 6) is -0.618. The fraction of sp³-hybridized carbons (Fsp3) is 0.462. The molecule has 2 aliphatic heterocycles. The molecule has 2 amide bonds. The van der Waals surface area contributed by atoms with Gasteiger partial charge in [-0.3, -0.25) is 9.59 Å². The van der Waals surface area contributed by atoms with Gasteiger partial charge in [-0.15, -0.1) is 0 Å². The van der Waals surface area contributed by atoms with Crippen LogP contribution in [0.25, 0.3) is 0 Å². The van der Waals surface area contributed by atoms with E-state index in [0.29, 0.717) is 25.1 Å². The highest BCUT2D eigenvalue weighted by molar-refractivity contribution is 5.88. The monoisotopic (exact) mass is 490 g/mol. The zero-order valence-electron chi connectivity index (χ0n) is 19.7. The fourth-order valence-corrected chi connectivity index (χ4v) is 5.64. The molecule has 2 heterocycles. The maximum atomic E-state index is 14.4. The number of amides is 2. The molecule has 2 saturated heterocycles. The van der Waals surface area contributed by atoms with Gasteiger partial charge in [0.2, 0.25) is 5.91 Å². The number of likely N-dealkylation sites (tertiary alicyclic amines) is 1. The summed E-state index contributed by atoms with van der Waals surface area (Å²) in [6.07, 6.45) is -3.94. The number of hydrogen-bond donors (Lipinski definition) is 1. The lowest BCUT2D eigenvalue weighted by atomic mass is 9.62. The third kappa shape index (κ3) is 4.26. The number of carbonyl (C=O) groups is 2. The van der Waals surface area contributed by atoms with Gasteiger partial charge in [-0.25, -0.2) is 0 Å². The average molecular weight is 491 g/mol. The van der Waals surface area contributed by atoms with E-state index in [1.54, 1.807) is 13.2 Å². The SMILES string of the molecule is COc1ccccc1[C@@H]1CNC(=O)CC12CCN(C(=O)C(OC)(c1ccccc1)C(F)(F)F)CC2. The van der Waals surface area contributed by atoms with Gasteiger partial charge in [-0.2, -0.15) is 13.2 Å². The standard InChI is InChI=1S/C26H29F3N2O4/c1-34-21-11-7-6-10-19(21)20-17-30-22(32)16-24(20)12-14-31(15-13-24)23(33)25(35-2,26(27,28)29)18-8-4-3-5-9-18/h3-11,20H,12-17H2,1-2H3,(H,30,32)/t20-,25?/m0/s1. The zero-order chi connectivity index (χ0) is 25.3. The van der Waals surface area contributed by atoms with Gasteiger partial charge >= 0.3 is 6.18 Å². The molecule has 2 aromatic rings. The quantitative estimate of drug-likeness (QED) is 0.688. The highest BCUT2D eigenvalue weighted by atomic mass is 19.4. The number of alkyl halides is 3. The summed E-state index contributed by atoms with van der Waals surface area (Å²) in [5.41, 5.74) is -2.90. The van der Waals surface area contributed by atoms with Crippen molar-refractivity contribution in [1.29, 1.82) is 0 Å². The molecule has 35 heavy (non-hydrogen) atoms. The summed E-state index contributed by atoms with van der Waals surface area (Å²) in [6.45, 7) is 0.583. The molecule has 0 aromatic heterocycles. The van der Waals surface area contributed by atoms with Crippen molar-refractivity contribution in [2.24, 2.45) is 5.41 Å². The molecule has 2 aliphatic rings. The van der Waals surface area contributed by atoms with Crippen LogP contribution in [0.1, 0.15) is 36.3 Å². The van der Waals surface area contributed by atoms with E-state index in [-0.39, 0.29) is 36.9 Å². The van der Waals surface area contributed by atoms with Gasteiger partial charge in [0.1, 0.15) is 5.75 Å². The lowest BCUT2D eigenvalue weighted by Gasteiger charge is -2.50. The Morgan fingerprint density at radius 2 is 1.66 bits per heavy atom. The van der Waals surface area contributed by atoms with E-state index < -0.39 is 23.1 Å². The summed E-state index contributed by atoms with van der Waals surface area (Å²) >= 11 is 0. The maximum absolute atomic E-state index is 14.4. The molecule has 2 aromatic carbocycles. The Balaban J connectivity index is 1.64. The van der Waals surface area contributed by atoms with E-state index in [4.69, 9.17) is 9.47 Å². The van der Waals surface area contributed by atoms with Crippen molar-refractivity contribution in [2.75, 3.05) is 33.9 Å². The van der Waals surface area contributed by atoms with Gasteiger partial charge in [0.25, 0.3) is 11.5 Å². The van der Waals surface area contributed by atoms with Crippen LogP contribution in [0.3, 0.4) is 0 Å². The molecule has 6 nitrogen and oxygen atoms in total. The Morgan fingerprint density at radius 1 is 1.03 bits per heavy atom. The Kier molecular flexibility index (Phi) is 6.81. The van der Waals surface area contributed by atoms with E-state index in [2.05, 4.69) is 5.32 Å². The first-order valence-corrected chi connectivity index (χ1v) is 11.5. The van der Waals surface area contributed by atoms with Crippen molar-refractivity contribution < 1.29 is 32.2 Å². The Labute approximate surface area is 202 Å². The van der Waals surface area contributed by atoms with Crippen LogP contribution in [0.5, 0.6) is 5.75 Å². The number of benzene rings is 2. The van der Waals surface area contributed by atoms with Gasteiger partial charge in [-0.1, -0.05) is 48.5 Å². The van der Waals surface area contributed by atoms with Crippen molar-refractivity contribution >= 4 is 11.8 Å². The molecule has 9 heteroatoms. The largest absolute Gasteiger partial charge is 0.496 e. The molecule has 0 bridgehead atoms. The number of ether oxygens (including phenoxy) is 2. The number of carbonyl (C=O) groups excluding carboxylic acids is 2. The van der Waals surface area contributed by atoms with Crippen molar-refractivity contribution in [3.63, 3.8) is 0 Å². The number of piperidine rings is 2. The van der Waals surface area contributed by atoms with Gasteiger partial charge in [0.05, 0.1) is 7.11 Å². The summed E-state index contributed by atoms with van der Waals surface area (Å²) in [5, 5.41) is 2.92. The molecular weight excluding hydrogens is 461 g/mol. The molecular formula is C26H29F3N2O4. The summed E-state index contributed by atoms with van der Waals surface area (Å²) in [7, 11) is 2.49. The van der Waals surface area contributed by atoms with Gasteiger partial charge in [0, 0.05) is 44.6 Å². The number of hydrogen-bond acceptors (Lipinski definition) is 4. The van der Waals surface area contributed by atoms with Crippen LogP contribution in [-0.2, 0) is 19.9 Å². The van der Waals surface area contributed by atoms with Crippen LogP contribution in [0, 0.1) is 5.41 Å². The smallest absolute Gasteiger partial charge is 0.430 e. The van der Waals surface area contributed by atoms with Crippen LogP contribution in [0.4, 0.5) is 13.2 Å². The first-order chi connectivity index (χ1) is 16.7. The molecule has 188 valence electrons. The maximum Gasteiger partial charge on any atom is 0.430 e. The summed E-state index contributed by atoms with van der Waals surface area (Å²) < 4.78 is 53.7. The number of methoxy groups -OCH3 is 2. The van der Waals surface area contributed by atoms with Crippen molar-refractivity contribution in [3.8, 4) is 5.75 Å². The number of para-hydroxylation sites is 1. The zero-order valence-corrected chi connectivity index (χ0v) is 19.7. The normalized spacial score (nSPS) is 21.8. The topological polar surface area (TPSA) is 67.9 Å². The van der Waals surface area contributed by atoms with Crippen molar-refractivity contribution in [3.05, 3.63) is 65.7 Å². The van der Waals surface area contributed by atoms with Crippen molar-refractivity contribution in [2.45, 2.75) is 37.0 Å². The highest BCUT2D eigenvalue weighted by Crippen LogP contribution is 2.51. The van der Waals surface area contributed by atoms with E-state index in [9.17, 15) is 22.8 Å². The highest BCUT2D eigenvalue weighted by Gasteiger charge is 2.64. The minimum Gasteiger partial charge on any atom is -0.496 e. The fourth-order valence-electron chi connectivity index (χ4n) is 5.64. The molecule has 1 spiro atoms. The van der Waals surface area contributed by atoms with Gasteiger partial charge < -0.3 is 19.7 Å². The second-order valence-electron chi connectivity index (χ2n) is 9.18. The predicted molar refractivity (Wildman–Crippen MR) is 123 cm³/mol. The number of halogens is 3. The number of nitrogens with one attached hydrogen (secondary N) is 1. The average Bonchev–Trinajstić information content (AvgIpc) is 2.85. The first kappa shape index (κ1) is 25.0. The van der Waals surface area contributed by atoms with Gasteiger partial charge in [0.15, 0.2) is 0 Å². The predicted octanol–water partition coefficient (Wildman–Crippen LogP) is 4.01. The Morgan fingerprint density at radius 3 is 2.26 bits per heavy atom. The molecule has 0 aliphatic carbocycles. The van der Waals surface area contributed by atoms with E-state index in [1.807, 2.05) is 24.3 Å². The molecule has 1 N–H and O–H groups in total. The van der Waals surface area contributed by atoms with E-state index >= 15 is 0 Å². The molecule has 2 fully saturated rings. The third-order valence-corrected chi connectivity index (χ3v) is 7.50. The Bertz CT molecular complexity index is 1070. The summed E-state index contributed by atoms with van der Waals surface area (Å²) in [6, 6.07) is 14.6. The van der Waals surface area contributed by atoms with Gasteiger partial charge in [-0.05, 0) is 29.9 Å². The molecule has 2 atom stereocenters. The molecule has 1 unspecified atom stereocenters. The lowest BCUT2D eigenvalue weighted by molar-refractivity contribution is -0.271. The third-order valence-electron chi connectivity index (χ3n) is 7.50. The lowest BCUT2D eigenvalue weighted by Crippen LogP contribution is -2.60. The van der Waals surface area contributed by atoms with E-state index in [1.165, 1.54) is 29.2 Å². The van der Waals surface area contributed by atoms with Crippen LogP contribution < -0.4 is 10.1 Å². The first-order valence-electron chi connectivity index (χ1n) is 11.5. The van der Waals surface area contributed by atoms with Crippen molar-refractivity contribution in [1.82, 2.24) is 10.2 Å². The van der Waals surface area contributed by atoms with Crippen LogP contribution in [0.2, 0.25) is 0 Å².